The summed E-state index contributed by atoms with van der Waals surface area (Å²) in [6.07, 6.45) is 4.33. The van der Waals surface area contributed by atoms with E-state index in [9.17, 15) is 14.5 Å². The van der Waals surface area contributed by atoms with Gasteiger partial charge in [0.15, 0.2) is 5.82 Å². The highest BCUT2D eigenvalue weighted by Crippen LogP contribution is 2.34. The van der Waals surface area contributed by atoms with E-state index in [2.05, 4.69) is 10.3 Å². The van der Waals surface area contributed by atoms with Crippen molar-refractivity contribution in [2.24, 2.45) is 5.73 Å². The van der Waals surface area contributed by atoms with Gasteiger partial charge in [-0.1, -0.05) is 0 Å². The minimum absolute atomic E-state index is 0.174. The van der Waals surface area contributed by atoms with Crippen LogP contribution in [0.4, 0.5) is 15.8 Å². The fraction of sp³-hybridized carbons (Fsp3) is 0.357. The quantitative estimate of drug-likeness (QED) is 0.666. The lowest BCUT2D eigenvalue weighted by Crippen LogP contribution is -2.52. The second kappa shape index (κ2) is 4.92. The number of halogens is 1. The molecule has 3 N–H and O–H groups in total. The molecule has 7 heteroatoms. The summed E-state index contributed by atoms with van der Waals surface area (Å²) in [4.78, 5) is 14.5. The molecule has 0 aliphatic heterocycles. The number of fused-ring (bicyclic) bond motifs is 1. The first-order valence-corrected chi connectivity index (χ1v) is 6.75. The highest BCUT2D eigenvalue weighted by molar-refractivity contribution is 5.97. The van der Waals surface area contributed by atoms with E-state index in [1.807, 2.05) is 0 Å². The Labute approximate surface area is 120 Å². The molecule has 0 atom stereocenters. The van der Waals surface area contributed by atoms with Crippen LogP contribution >= 0.6 is 0 Å². The predicted octanol–water partition coefficient (Wildman–Crippen LogP) is 2.58. The number of nitrogens with zero attached hydrogens (tertiary/aromatic N) is 2. The standard InChI is InChI=1S/C14H15FN4O2/c15-10-7-11(19(20)21)9-3-1-6-17-12(9)13(10)18-8-14(16)4-2-5-14/h1,3,6-7,18H,2,4-5,8,16H2. The van der Waals surface area contributed by atoms with Crippen LogP contribution in [0.3, 0.4) is 0 Å². The number of pyridine rings is 1. The second-order valence-electron chi connectivity index (χ2n) is 5.48. The first-order chi connectivity index (χ1) is 10.0. The van der Waals surface area contributed by atoms with Crippen molar-refractivity contribution in [3.63, 3.8) is 0 Å². The van der Waals surface area contributed by atoms with Crippen molar-refractivity contribution >= 4 is 22.3 Å². The summed E-state index contributed by atoms with van der Waals surface area (Å²) < 4.78 is 14.2. The fourth-order valence-electron chi connectivity index (χ4n) is 2.59. The number of nitro benzene ring substituents is 1. The van der Waals surface area contributed by atoms with E-state index in [-0.39, 0.29) is 22.4 Å². The van der Waals surface area contributed by atoms with Gasteiger partial charge in [0.2, 0.25) is 0 Å². The van der Waals surface area contributed by atoms with Crippen molar-refractivity contribution < 1.29 is 9.31 Å². The molecule has 1 heterocycles. The van der Waals surface area contributed by atoms with Crippen LogP contribution in [0.15, 0.2) is 24.4 Å². The Bertz CT molecular complexity index is 715. The van der Waals surface area contributed by atoms with Crippen molar-refractivity contribution in [2.75, 3.05) is 11.9 Å². The third-order valence-electron chi connectivity index (χ3n) is 3.99. The summed E-state index contributed by atoms with van der Waals surface area (Å²) in [5, 5.41) is 14.3. The number of non-ortho nitro benzene ring substituents is 1. The van der Waals surface area contributed by atoms with Gasteiger partial charge in [0.1, 0.15) is 5.52 Å². The zero-order valence-corrected chi connectivity index (χ0v) is 11.3. The van der Waals surface area contributed by atoms with Crippen molar-refractivity contribution in [3.8, 4) is 0 Å². The Balaban J connectivity index is 2.03. The van der Waals surface area contributed by atoms with Crippen LogP contribution in [-0.2, 0) is 0 Å². The highest BCUT2D eigenvalue weighted by atomic mass is 19.1. The summed E-state index contributed by atoms with van der Waals surface area (Å²) in [7, 11) is 0. The van der Waals surface area contributed by atoms with Gasteiger partial charge < -0.3 is 11.1 Å². The molecule has 1 fully saturated rings. The number of benzene rings is 1. The van der Waals surface area contributed by atoms with Crippen molar-refractivity contribution in [1.29, 1.82) is 0 Å². The maximum atomic E-state index is 14.2. The number of anilines is 1. The minimum Gasteiger partial charge on any atom is -0.379 e. The van der Waals surface area contributed by atoms with E-state index < -0.39 is 10.7 Å². The largest absolute Gasteiger partial charge is 0.379 e. The van der Waals surface area contributed by atoms with Crippen LogP contribution in [0.25, 0.3) is 10.9 Å². The molecule has 110 valence electrons. The monoisotopic (exact) mass is 290 g/mol. The van der Waals surface area contributed by atoms with Crippen molar-refractivity contribution in [1.82, 2.24) is 4.98 Å². The molecule has 0 radical (unpaired) electrons. The number of hydrogen-bond donors (Lipinski definition) is 2. The van der Waals surface area contributed by atoms with Crippen LogP contribution in [0.5, 0.6) is 0 Å². The van der Waals surface area contributed by atoms with E-state index in [1.54, 1.807) is 12.1 Å². The molecular weight excluding hydrogens is 275 g/mol. The average Bonchev–Trinajstić information content (AvgIpc) is 2.43. The highest BCUT2D eigenvalue weighted by Gasteiger charge is 2.32. The summed E-state index contributed by atoms with van der Waals surface area (Å²) in [6.45, 7) is 0.424. The maximum absolute atomic E-state index is 14.2. The third-order valence-corrected chi connectivity index (χ3v) is 3.99. The smallest absolute Gasteiger partial charge is 0.281 e. The molecule has 0 spiro atoms. The van der Waals surface area contributed by atoms with Crippen LogP contribution in [0.1, 0.15) is 19.3 Å². The van der Waals surface area contributed by atoms with E-state index in [0.717, 1.165) is 25.3 Å². The molecule has 3 rings (SSSR count). The Hall–Kier alpha value is -2.28. The normalized spacial score (nSPS) is 16.5. The number of nitro groups is 1. The van der Waals surface area contributed by atoms with Gasteiger partial charge in [0.05, 0.1) is 22.1 Å². The molecule has 1 aromatic heterocycles. The predicted molar refractivity (Wildman–Crippen MR) is 77.6 cm³/mol. The zero-order valence-electron chi connectivity index (χ0n) is 11.3. The van der Waals surface area contributed by atoms with Gasteiger partial charge in [0, 0.05) is 18.3 Å². The lowest BCUT2D eigenvalue weighted by atomic mass is 9.78. The number of nitrogens with two attached hydrogens (primary N) is 1. The maximum Gasteiger partial charge on any atom is 0.281 e. The van der Waals surface area contributed by atoms with Crippen LogP contribution < -0.4 is 11.1 Å². The van der Waals surface area contributed by atoms with Crippen LogP contribution in [0, 0.1) is 15.9 Å². The van der Waals surface area contributed by atoms with Gasteiger partial charge in [-0.2, -0.15) is 0 Å². The summed E-state index contributed by atoms with van der Waals surface area (Å²) in [5.74, 6) is -0.684. The van der Waals surface area contributed by atoms with Crippen LogP contribution in [0.2, 0.25) is 0 Å². The molecule has 1 aliphatic rings. The molecule has 21 heavy (non-hydrogen) atoms. The van der Waals surface area contributed by atoms with Gasteiger partial charge in [0.25, 0.3) is 5.69 Å². The van der Waals surface area contributed by atoms with Gasteiger partial charge in [-0.15, -0.1) is 0 Å². The van der Waals surface area contributed by atoms with E-state index >= 15 is 0 Å². The molecule has 1 aliphatic carbocycles. The lowest BCUT2D eigenvalue weighted by Gasteiger charge is -2.38. The first kappa shape index (κ1) is 13.7. The van der Waals surface area contributed by atoms with E-state index in [4.69, 9.17) is 5.73 Å². The van der Waals surface area contributed by atoms with E-state index in [1.165, 1.54) is 6.20 Å². The van der Waals surface area contributed by atoms with Crippen molar-refractivity contribution in [3.05, 3.63) is 40.3 Å². The first-order valence-electron chi connectivity index (χ1n) is 6.75. The van der Waals surface area contributed by atoms with Gasteiger partial charge in [-0.3, -0.25) is 15.1 Å². The molecule has 2 aromatic rings. The summed E-state index contributed by atoms with van der Waals surface area (Å²) in [5.41, 5.74) is 5.93. The molecule has 0 saturated heterocycles. The average molecular weight is 290 g/mol. The number of rotatable bonds is 4. The lowest BCUT2D eigenvalue weighted by molar-refractivity contribution is -0.383. The zero-order chi connectivity index (χ0) is 15.0. The molecule has 0 bridgehead atoms. The van der Waals surface area contributed by atoms with Crippen molar-refractivity contribution in [2.45, 2.75) is 24.8 Å². The number of hydrogen-bond acceptors (Lipinski definition) is 5. The summed E-state index contributed by atoms with van der Waals surface area (Å²) in [6, 6.07) is 4.08. The Morgan fingerprint density at radius 1 is 1.52 bits per heavy atom. The molecule has 1 aromatic carbocycles. The Kier molecular flexibility index (Phi) is 3.21. The third kappa shape index (κ3) is 2.40. The Morgan fingerprint density at radius 2 is 2.29 bits per heavy atom. The fourth-order valence-corrected chi connectivity index (χ4v) is 2.59. The molecule has 1 saturated carbocycles. The molecular formula is C14H15FN4O2. The number of aromatic nitrogens is 1. The number of nitrogens with one attached hydrogen (secondary N) is 1. The second-order valence-corrected chi connectivity index (χ2v) is 5.48. The molecule has 0 amide bonds. The topological polar surface area (TPSA) is 94.1 Å². The summed E-state index contributed by atoms with van der Waals surface area (Å²) >= 11 is 0. The Morgan fingerprint density at radius 3 is 2.90 bits per heavy atom. The van der Waals surface area contributed by atoms with Gasteiger partial charge in [-0.25, -0.2) is 4.39 Å². The van der Waals surface area contributed by atoms with Gasteiger partial charge in [-0.05, 0) is 31.4 Å². The van der Waals surface area contributed by atoms with Crippen LogP contribution in [-0.4, -0.2) is 22.0 Å². The molecule has 6 nitrogen and oxygen atoms in total. The van der Waals surface area contributed by atoms with Gasteiger partial charge >= 0.3 is 0 Å². The molecule has 0 unspecified atom stereocenters. The van der Waals surface area contributed by atoms with E-state index in [0.29, 0.717) is 11.9 Å². The SMILES string of the molecule is NC1(CNc2c(F)cc([N+](=O)[O-])c3cccnc23)CCC1. The minimum atomic E-state index is -0.684.